The molecule has 0 heterocycles. The molecule has 5 rings (SSSR count). The van der Waals surface area contributed by atoms with Crippen LogP contribution in [0.2, 0.25) is 0 Å². The van der Waals surface area contributed by atoms with Crippen LogP contribution in [0.15, 0.2) is 127 Å². The van der Waals surface area contributed by atoms with Crippen molar-refractivity contribution in [1.82, 2.24) is 4.72 Å². The van der Waals surface area contributed by atoms with E-state index in [0.29, 0.717) is 0 Å². The largest absolute Gasteiger partial charge is 0.242 e. The van der Waals surface area contributed by atoms with Crippen molar-refractivity contribution >= 4 is 45.6 Å². The van der Waals surface area contributed by atoms with E-state index in [-0.39, 0.29) is 6.04 Å². The summed E-state index contributed by atoms with van der Waals surface area (Å²) in [5.41, 5.74) is 2.30. The normalized spacial score (nSPS) is 13.5. The van der Waals surface area contributed by atoms with Gasteiger partial charge in [-0.25, -0.2) is 8.93 Å². The fraction of sp³-hybridized carbons (Fsp3) is 0.152. The number of rotatable bonds is 7. The maximum Gasteiger partial charge on any atom is 0.0979 e. The first-order chi connectivity index (χ1) is 17.9. The first kappa shape index (κ1) is 25.5. The lowest BCUT2D eigenvalue weighted by Crippen LogP contribution is -2.38. The predicted molar refractivity (Wildman–Crippen MR) is 162 cm³/mol. The van der Waals surface area contributed by atoms with Gasteiger partial charge < -0.3 is 0 Å². The van der Waals surface area contributed by atoms with E-state index >= 15 is 0 Å². The number of hydrogen-bond acceptors (Lipinski definition) is 1. The van der Waals surface area contributed by atoms with Crippen molar-refractivity contribution in [2.45, 2.75) is 31.6 Å². The lowest BCUT2D eigenvalue weighted by Gasteiger charge is -2.30. The molecule has 0 aliphatic heterocycles. The van der Waals surface area contributed by atoms with Gasteiger partial charge in [0, 0.05) is 0 Å². The van der Waals surface area contributed by atoms with E-state index in [2.05, 4.69) is 132 Å². The molecule has 1 N–H and O–H groups in total. The Balaban J connectivity index is 1.75. The van der Waals surface area contributed by atoms with Crippen LogP contribution in [-0.4, -0.2) is 8.96 Å². The predicted octanol–water partition coefficient (Wildman–Crippen LogP) is 6.74. The number of fused-ring (bicyclic) bond motifs is 1. The fourth-order valence-electron chi connectivity index (χ4n) is 4.60. The van der Waals surface area contributed by atoms with Crippen LogP contribution in [0.4, 0.5) is 0 Å². The third-order valence-corrected chi connectivity index (χ3v) is 10.5. The molecule has 0 fully saturated rings. The molecule has 2 atom stereocenters. The quantitative estimate of drug-likeness (QED) is 0.236. The zero-order valence-corrected chi connectivity index (χ0v) is 23.2. The van der Waals surface area contributed by atoms with Crippen molar-refractivity contribution in [2.24, 2.45) is 0 Å². The van der Waals surface area contributed by atoms with Gasteiger partial charge in [-0.2, -0.15) is 0 Å². The zero-order chi connectivity index (χ0) is 25.8. The molecule has 5 aromatic carbocycles. The minimum atomic E-state index is -1.26. The highest BCUT2D eigenvalue weighted by atomic mass is 32.2. The first-order valence-electron chi connectivity index (χ1n) is 12.6. The van der Waals surface area contributed by atoms with E-state index in [1.165, 1.54) is 26.7 Å². The third-order valence-electron chi connectivity index (χ3n) is 6.43. The Bertz CT molecular complexity index is 1470. The maximum atomic E-state index is 13.6. The second-order valence-corrected chi connectivity index (χ2v) is 14.2. The topological polar surface area (TPSA) is 29.1 Å². The zero-order valence-electron chi connectivity index (χ0n) is 21.5. The van der Waals surface area contributed by atoms with Crippen molar-refractivity contribution < 1.29 is 4.21 Å². The smallest absolute Gasteiger partial charge is 0.0979 e. The highest BCUT2D eigenvalue weighted by Crippen LogP contribution is 2.38. The van der Waals surface area contributed by atoms with Crippen molar-refractivity contribution in [1.29, 1.82) is 0 Å². The van der Waals surface area contributed by atoms with Gasteiger partial charge in [-0.15, -0.1) is 0 Å². The van der Waals surface area contributed by atoms with Crippen LogP contribution < -0.4 is 20.6 Å². The Morgan fingerprint density at radius 2 is 1.14 bits per heavy atom. The average molecular weight is 522 g/mol. The molecule has 0 aromatic heterocycles. The van der Waals surface area contributed by atoms with Crippen LogP contribution in [-0.2, 0) is 11.0 Å². The molecule has 0 radical (unpaired) electrons. The fourth-order valence-corrected chi connectivity index (χ4v) is 7.91. The first-order valence-corrected chi connectivity index (χ1v) is 15.1. The highest BCUT2D eigenvalue weighted by Gasteiger charge is 2.29. The summed E-state index contributed by atoms with van der Waals surface area (Å²) in [4.78, 5) is 0. The van der Waals surface area contributed by atoms with E-state index in [1.807, 2.05) is 20.8 Å². The summed E-state index contributed by atoms with van der Waals surface area (Å²) >= 11 is 0. The second kappa shape index (κ2) is 11.1. The van der Waals surface area contributed by atoms with Crippen molar-refractivity contribution in [3.8, 4) is 0 Å². The molecule has 4 heteroatoms. The van der Waals surface area contributed by atoms with Crippen LogP contribution in [0.3, 0.4) is 0 Å². The molecule has 0 aliphatic rings. The van der Waals surface area contributed by atoms with Gasteiger partial charge in [-0.05, 0) is 66.5 Å². The van der Waals surface area contributed by atoms with Gasteiger partial charge in [0.2, 0.25) is 0 Å². The number of hydrogen-bond donors (Lipinski definition) is 1. The van der Waals surface area contributed by atoms with Crippen LogP contribution in [0, 0.1) is 0 Å². The Kier molecular flexibility index (Phi) is 7.67. The minimum Gasteiger partial charge on any atom is -0.242 e. The average Bonchev–Trinajstić information content (AvgIpc) is 2.93. The summed E-state index contributed by atoms with van der Waals surface area (Å²) in [5, 5.41) is 6.21. The lowest BCUT2D eigenvalue weighted by atomic mass is 9.94. The van der Waals surface area contributed by atoms with E-state index in [4.69, 9.17) is 0 Å². The van der Waals surface area contributed by atoms with Crippen molar-refractivity contribution in [3.63, 3.8) is 0 Å². The summed E-state index contributed by atoms with van der Waals surface area (Å²) in [5.74, 6) is 0. The summed E-state index contributed by atoms with van der Waals surface area (Å²) in [6, 6.07) is 44.8. The molecule has 0 saturated heterocycles. The standard InChI is InChI=1S/C33H32NOPS/c1-33(2,3)37(35)34-32(29-23-14-16-25-15-10-11-21-28(25)29)30-22-12-13-24-31(30)36(26-17-6-4-7-18-26)27-19-8-5-9-20-27/h4-24,32,34H,1-3H3/t32?,37-/m1/s1. The molecule has 0 aliphatic carbocycles. The summed E-state index contributed by atoms with van der Waals surface area (Å²) < 4.78 is 16.7. The molecule has 5 aromatic rings. The van der Waals surface area contributed by atoms with Gasteiger partial charge in [0.1, 0.15) is 0 Å². The van der Waals surface area contributed by atoms with Crippen molar-refractivity contribution in [2.75, 3.05) is 0 Å². The minimum absolute atomic E-state index is 0.236. The SMILES string of the molecule is CC(C)(C)[S@@](=O)NC(c1ccccc1P(c1ccccc1)c1ccccc1)c1cccc2ccccc12. The van der Waals surface area contributed by atoms with Gasteiger partial charge in [0.15, 0.2) is 0 Å². The molecule has 0 saturated carbocycles. The Labute approximate surface area is 224 Å². The van der Waals surface area contributed by atoms with Gasteiger partial charge in [0.05, 0.1) is 21.8 Å². The lowest BCUT2D eigenvalue weighted by molar-refractivity contribution is 0.624. The Morgan fingerprint density at radius 3 is 1.78 bits per heavy atom. The Morgan fingerprint density at radius 1 is 0.622 bits per heavy atom. The van der Waals surface area contributed by atoms with E-state index in [9.17, 15) is 4.21 Å². The van der Waals surface area contributed by atoms with Gasteiger partial charge in [0.25, 0.3) is 0 Å². The van der Waals surface area contributed by atoms with E-state index < -0.39 is 23.7 Å². The highest BCUT2D eigenvalue weighted by molar-refractivity contribution is 7.84. The maximum absolute atomic E-state index is 13.6. The molecule has 0 bridgehead atoms. The summed E-state index contributed by atoms with van der Waals surface area (Å²) in [6.45, 7) is 6.05. The molecule has 1 unspecified atom stereocenters. The van der Waals surface area contributed by atoms with Gasteiger partial charge in [-0.3, -0.25) is 0 Å². The molecular weight excluding hydrogens is 489 g/mol. The number of nitrogens with one attached hydrogen (secondary N) is 1. The molecule has 0 amide bonds. The second-order valence-electron chi connectivity index (χ2n) is 10.1. The Hall–Kier alpha value is -3.10. The molecule has 186 valence electrons. The van der Waals surface area contributed by atoms with Crippen LogP contribution in [0.1, 0.15) is 37.9 Å². The molecule has 0 spiro atoms. The van der Waals surface area contributed by atoms with Crippen LogP contribution in [0.5, 0.6) is 0 Å². The van der Waals surface area contributed by atoms with E-state index in [0.717, 1.165) is 11.1 Å². The van der Waals surface area contributed by atoms with E-state index in [1.54, 1.807) is 0 Å². The third kappa shape index (κ3) is 5.60. The van der Waals surface area contributed by atoms with Crippen molar-refractivity contribution in [3.05, 3.63) is 139 Å². The van der Waals surface area contributed by atoms with Crippen LogP contribution in [0.25, 0.3) is 10.8 Å². The summed E-state index contributed by atoms with van der Waals surface area (Å²) in [6.07, 6.45) is 0. The summed E-state index contributed by atoms with van der Waals surface area (Å²) in [7, 11) is -2.09. The monoisotopic (exact) mass is 521 g/mol. The van der Waals surface area contributed by atoms with Gasteiger partial charge >= 0.3 is 0 Å². The number of benzene rings is 5. The van der Waals surface area contributed by atoms with Gasteiger partial charge in [-0.1, -0.05) is 127 Å². The van der Waals surface area contributed by atoms with Crippen LogP contribution >= 0.6 is 7.92 Å². The molecule has 2 nitrogen and oxygen atoms in total. The molecule has 37 heavy (non-hydrogen) atoms. The molecular formula is C33H32NOPS.